The summed E-state index contributed by atoms with van der Waals surface area (Å²) < 4.78 is 0. The van der Waals surface area contributed by atoms with E-state index in [4.69, 9.17) is 0 Å². The van der Waals surface area contributed by atoms with Crippen LogP contribution in [0.2, 0.25) is 0 Å². The minimum Gasteiger partial charge on any atom is -0.389 e. The largest absolute Gasteiger partial charge is 0.389 e. The Hall–Kier alpha value is -0.370. The highest BCUT2D eigenvalue weighted by molar-refractivity contribution is 5.84. The standard InChI is InChI=1S/C16H26O2/c1-12(17)15-9-4-5-10-16(15,18)14-7-3-2-6-13(14)8-11-15/h13-14,18H,2-11H2,1H3. The van der Waals surface area contributed by atoms with Crippen LogP contribution in [0.1, 0.15) is 71.1 Å². The second-order valence-electron chi connectivity index (χ2n) is 6.96. The minimum atomic E-state index is -0.666. The van der Waals surface area contributed by atoms with E-state index < -0.39 is 5.60 Å². The van der Waals surface area contributed by atoms with E-state index >= 15 is 0 Å². The van der Waals surface area contributed by atoms with E-state index in [0.717, 1.165) is 38.5 Å². The molecule has 3 aliphatic rings. The van der Waals surface area contributed by atoms with Gasteiger partial charge in [-0.1, -0.05) is 32.1 Å². The van der Waals surface area contributed by atoms with Crippen molar-refractivity contribution < 1.29 is 9.90 Å². The van der Waals surface area contributed by atoms with Crippen molar-refractivity contribution in [2.45, 2.75) is 76.7 Å². The van der Waals surface area contributed by atoms with E-state index in [1.54, 1.807) is 6.92 Å². The van der Waals surface area contributed by atoms with E-state index in [1.165, 1.54) is 25.7 Å². The normalized spacial score (nSPS) is 48.1. The van der Waals surface area contributed by atoms with Crippen LogP contribution in [0.15, 0.2) is 0 Å². The first-order chi connectivity index (χ1) is 8.60. The summed E-state index contributed by atoms with van der Waals surface area (Å²) >= 11 is 0. The summed E-state index contributed by atoms with van der Waals surface area (Å²) in [6.07, 6.45) is 11.1. The SMILES string of the molecule is CC(=O)C12CCCCC1(O)C1CCCCC1CC2. The Bertz CT molecular complexity index is 351. The van der Waals surface area contributed by atoms with Gasteiger partial charge in [0, 0.05) is 0 Å². The highest BCUT2D eigenvalue weighted by atomic mass is 16.3. The number of carbonyl (C=O) groups is 1. The Morgan fingerprint density at radius 2 is 1.72 bits per heavy atom. The quantitative estimate of drug-likeness (QED) is 0.773. The third-order valence-corrected chi connectivity index (χ3v) is 6.38. The molecular weight excluding hydrogens is 224 g/mol. The van der Waals surface area contributed by atoms with Gasteiger partial charge >= 0.3 is 0 Å². The van der Waals surface area contributed by atoms with E-state index in [9.17, 15) is 9.90 Å². The van der Waals surface area contributed by atoms with Gasteiger partial charge in [-0.25, -0.2) is 0 Å². The van der Waals surface area contributed by atoms with Crippen molar-refractivity contribution in [2.24, 2.45) is 17.3 Å². The second kappa shape index (κ2) is 4.33. The molecule has 2 heteroatoms. The fraction of sp³-hybridized carbons (Fsp3) is 0.938. The number of ketones is 1. The first-order valence-electron chi connectivity index (χ1n) is 7.84. The number of hydrogen-bond donors (Lipinski definition) is 1. The van der Waals surface area contributed by atoms with Gasteiger partial charge in [-0.3, -0.25) is 4.79 Å². The van der Waals surface area contributed by atoms with Gasteiger partial charge in [0.1, 0.15) is 5.78 Å². The van der Waals surface area contributed by atoms with Gasteiger partial charge in [0.05, 0.1) is 11.0 Å². The number of hydrogen-bond acceptors (Lipinski definition) is 2. The Morgan fingerprint density at radius 1 is 1.00 bits per heavy atom. The first-order valence-corrected chi connectivity index (χ1v) is 7.84. The van der Waals surface area contributed by atoms with Crippen LogP contribution in [0.3, 0.4) is 0 Å². The molecule has 0 radical (unpaired) electrons. The summed E-state index contributed by atoms with van der Waals surface area (Å²) in [7, 11) is 0. The molecule has 0 bridgehead atoms. The molecule has 3 aliphatic carbocycles. The van der Waals surface area contributed by atoms with Crippen LogP contribution in [0.5, 0.6) is 0 Å². The monoisotopic (exact) mass is 250 g/mol. The average molecular weight is 250 g/mol. The lowest BCUT2D eigenvalue weighted by atomic mass is 9.47. The molecule has 102 valence electrons. The molecule has 0 aromatic carbocycles. The predicted octanol–water partition coefficient (Wildman–Crippen LogP) is 3.47. The molecule has 0 aromatic rings. The fourth-order valence-electron chi connectivity index (χ4n) is 5.43. The van der Waals surface area contributed by atoms with Crippen molar-refractivity contribution in [2.75, 3.05) is 0 Å². The van der Waals surface area contributed by atoms with Crippen molar-refractivity contribution in [3.63, 3.8) is 0 Å². The van der Waals surface area contributed by atoms with Crippen molar-refractivity contribution in [1.29, 1.82) is 0 Å². The van der Waals surface area contributed by atoms with Gasteiger partial charge in [-0.05, 0) is 50.9 Å². The van der Waals surface area contributed by atoms with Crippen LogP contribution in [0.25, 0.3) is 0 Å². The zero-order valence-corrected chi connectivity index (χ0v) is 11.6. The summed E-state index contributed by atoms with van der Waals surface area (Å²) in [6, 6.07) is 0. The maximum absolute atomic E-state index is 12.3. The zero-order chi connectivity index (χ0) is 12.8. The van der Waals surface area contributed by atoms with E-state index in [2.05, 4.69) is 0 Å². The van der Waals surface area contributed by atoms with Gasteiger partial charge in [0.2, 0.25) is 0 Å². The summed E-state index contributed by atoms with van der Waals surface area (Å²) in [5.41, 5.74) is -1.05. The van der Waals surface area contributed by atoms with Crippen LogP contribution in [-0.2, 0) is 4.79 Å². The second-order valence-corrected chi connectivity index (χ2v) is 6.96. The minimum absolute atomic E-state index is 0.258. The summed E-state index contributed by atoms with van der Waals surface area (Å²) in [5, 5.41) is 11.4. The molecule has 0 spiro atoms. The molecule has 0 aliphatic heterocycles. The third kappa shape index (κ3) is 1.54. The average Bonchev–Trinajstić information content (AvgIpc) is 2.38. The van der Waals surface area contributed by atoms with Crippen molar-refractivity contribution in [3.05, 3.63) is 0 Å². The lowest BCUT2D eigenvalue weighted by Gasteiger charge is -2.59. The molecule has 3 saturated carbocycles. The summed E-state index contributed by atoms with van der Waals surface area (Å²) in [5.74, 6) is 1.35. The molecule has 0 amide bonds. The van der Waals surface area contributed by atoms with Gasteiger partial charge in [0.25, 0.3) is 0 Å². The van der Waals surface area contributed by atoms with Gasteiger partial charge < -0.3 is 5.11 Å². The summed E-state index contributed by atoms with van der Waals surface area (Å²) in [4.78, 5) is 12.3. The number of aliphatic hydroxyl groups is 1. The van der Waals surface area contributed by atoms with Crippen LogP contribution < -0.4 is 0 Å². The lowest BCUT2D eigenvalue weighted by molar-refractivity contribution is -0.202. The van der Waals surface area contributed by atoms with E-state index in [0.29, 0.717) is 11.8 Å². The molecule has 2 nitrogen and oxygen atoms in total. The number of carbonyl (C=O) groups excluding carboxylic acids is 1. The Morgan fingerprint density at radius 3 is 2.50 bits per heavy atom. The zero-order valence-electron chi connectivity index (χ0n) is 11.6. The van der Waals surface area contributed by atoms with Gasteiger partial charge in [0.15, 0.2) is 0 Å². The molecule has 0 saturated heterocycles. The molecule has 0 aromatic heterocycles. The van der Waals surface area contributed by atoms with Gasteiger partial charge in [-0.2, -0.15) is 0 Å². The van der Waals surface area contributed by atoms with E-state index in [-0.39, 0.29) is 11.2 Å². The molecule has 0 heterocycles. The van der Waals surface area contributed by atoms with Crippen LogP contribution in [0.4, 0.5) is 0 Å². The Labute approximate surface area is 110 Å². The molecule has 3 fully saturated rings. The Kier molecular flexibility index (Phi) is 3.04. The lowest BCUT2D eigenvalue weighted by Crippen LogP contribution is -2.63. The van der Waals surface area contributed by atoms with Crippen molar-refractivity contribution in [1.82, 2.24) is 0 Å². The van der Waals surface area contributed by atoms with Crippen molar-refractivity contribution >= 4 is 5.78 Å². The van der Waals surface area contributed by atoms with Crippen molar-refractivity contribution in [3.8, 4) is 0 Å². The van der Waals surface area contributed by atoms with Gasteiger partial charge in [-0.15, -0.1) is 0 Å². The molecule has 4 atom stereocenters. The molecule has 4 unspecified atom stereocenters. The predicted molar refractivity (Wildman–Crippen MR) is 71.2 cm³/mol. The fourth-order valence-corrected chi connectivity index (χ4v) is 5.43. The van der Waals surface area contributed by atoms with Crippen LogP contribution >= 0.6 is 0 Å². The summed E-state index contributed by atoms with van der Waals surface area (Å²) in [6.45, 7) is 1.72. The molecule has 18 heavy (non-hydrogen) atoms. The molecule has 3 rings (SSSR count). The number of rotatable bonds is 1. The van der Waals surface area contributed by atoms with Crippen LogP contribution in [-0.4, -0.2) is 16.5 Å². The highest BCUT2D eigenvalue weighted by Gasteiger charge is 2.62. The first kappa shape index (κ1) is 12.7. The maximum Gasteiger partial charge on any atom is 0.138 e. The van der Waals surface area contributed by atoms with E-state index in [1.807, 2.05) is 0 Å². The highest BCUT2D eigenvalue weighted by Crippen LogP contribution is 2.60. The topological polar surface area (TPSA) is 37.3 Å². The van der Waals surface area contributed by atoms with Crippen LogP contribution in [0, 0.1) is 17.3 Å². The smallest absolute Gasteiger partial charge is 0.138 e. The molecular formula is C16H26O2. The third-order valence-electron chi connectivity index (χ3n) is 6.38. The molecule has 1 N–H and O–H groups in total. The Balaban J connectivity index is 1.99. The maximum atomic E-state index is 12.3. The number of Topliss-reactive ketones (excluding diaryl/α,β-unsaturated/α-hetero) is 1. The number of fused-ring (bicyclic) bond motifs is 3.